The van der Waals surface area contributed by atoms with E-state index in [2.05, 4.69) is 27.6 Å². The Labute approximate surface area is 395 Å². The van der Waals surface area contributed by atoms with Gasteiger partial charge < -0.3 is 53.5 Å². The van der Waals surface area contributed by atoms with E-state index in [1.807, 2.05) is 0 Å². The quantitative estimate of drug-likeness (QED) is 0.0204. The number of nitrogens with one attached hydrogen (secondary N) is 2. The van der Waals surface area contributed by atoms with E-state index in [-0.39, 0.29) is 130 Å². The summed E-state index contributed by atoms with van der Waals surface area (Å²) >= 11 is 4.23. The number of nitrogens with two attached hydrogens (primary N) is 5. The maximum Gasteiger partial charge on any atom is 0.224 e. The van der Waals surface area contributed by atoms with E-state index in [4.69, 9.17) is 34.1 Å². The summed E-state index contributed by atoms with van der Waals surface area (Å²) in [5.41, 5.74) is 29.5. The van der Waals surface area contributed by atoms with Crippen LogP contribution in [0.15, 0.2) is 41.8 Å². The fraction of sp³-hybridized carbons (Fsp3) is 0.630. The molecule has 0 aliphatic heterocycles. The summed E-state index contributed by atoms with van der Waals surface area (Å²) in [6.07, 6.45) is 8.79. The molecule has 0 bridgehead atoms. The predicted octanol–water partition coefficient (Wildman–Crippen LogP) is 2.52. The zero-order valence-electron chi connectivity index (χ0n) is 38.8. The van der Waals surface area contributed by atoms with Crippen LogP contribution in [0, 0.1) is 5.41 Å². The number of hydrogen-bond donors (Lipinski definition) is 9. The molecule has 1 aromatic carbocycles. The van der Waals surface area contributed by atoms with Crippen molar-refractivity contribution in [3.63, 3.8) is 0 Å². The van der Waals surface area contributed by atoms with Gasteiger partial charge >= 0.3 is 0 Å². The molecule has 20 heteroatoms. The van der Waals surface area contributed by atoms with Crippen LogP contribution in [0.25, 0.3) is 0 Å². The van der Waals surface area contributed by atoms with Crippen molar-refractivity contribution in [3.05, 3.63) is 48.0 Å². The third-order valence-electron chi connectivity index (χ3n) is 11.4. The standard InChI is InChI=1S/C46H76N12O7S/c1-33(59)37(10-4-6-23-47)56(43(63)15-5-7-25-54-46(51)52)26-9-13-41(62)39(30-35-31-53-32-55-35)57(44(64)21-18-34-16-19-36(60)20-17-34)27-8-12-40(61)38(11-2-3-14-42(49)50)58(28-24-48)45(65)22-29-66/h16-17,19-20,31-32,37-39,60,66H,2-15,18,21-30,47-48H2,1H3,(H3,49,50)(H,53,55)(H4,51,52,54). The number of carbonyl (C=O) groups is 6. The van der Waals surface area contributed by atoms with E-state index in [9.17, 15) is 33.9 Å². The Kier molecular flexibility index (Phi) is 27.8. The Hall–Kier alpha value is -5.34. The van der Waals surface area contributed by atoms with Crippen LogP contribution >= 0.6 is 12.6 Å². The highest BCUT2D eigenvalue weighted by Gasteiger charge is 2.33. The van der Waals surface area contributed by atoms with Gasteiger partial charge in [-0.1, -0.05) is 18.6 Å². The first-order valence-corrected chi connectivity index (χ1v) is 23.8. The number of aliphatic imine (C=N–C) groups is 1. The van der Waals surface area contributed by atoms with Crippen molar-refractivity contribution < 1.29 is 33.9 Å². The van der Waals surface area contributed by atoms with Crippen LogP contribution in [0.1, 0.15) is 121 Å². The summed E-state index contributed by atoms with van der Waals surface area (Å²) in [7, 11) is 0. The molecule has 0 spiro atoms. The number of imidazole rings is 1. The average Bonchev–Trinajstić information content (AvgIpc) is 3.80. The van der Waals surface area contributed by atoms with Gasteiger partial charge in [0.05, 0.1) is 30.3 Å². The molecule has 3 atom stereocenters. The zero-order chi connectivity index (χ0) is 48.9. The van der Waals surface area contributed by atoms with Crippen LogP contribution in [0.4, 0.5) is 0 Å². The molecular weight excluding hydrogens is 865 g/mol. The molecule has 13 N–H and O–H groups in total. The normalized spacial score (nSPS) is 12.4. The van der Waals surface area contributed by atoms with Gasteiger partial charge in [0.25, 0.3) is 0 Å². The minimum Gasteiger partial charge on any atom is -0.508 e. The molecule has 3 unspecified atom stereocenters. The van der Waals surface area contributed by atoms with Gasteiger partial charge in [-0.2, -0.15) is 12.6 Å². The van der Waals surface area contributed by atoms with E-state index in [1.54, 1.807) is 23.2 Å². The van der Waals surface area contributed by atoms with Crippen molar-refractivity contribution >= 4 is 59.5 Å². The lowest BCUT2D eigenvalue weighted by molar-refractivity contribution is -0.141. The monoisotopic (exact) mass is 941 g/mol. The number of guanidine groups is 1. The summed E-state index contributed by atoms with van der Waals surface area (Å²) in [5, 5.41) is 17.4. The van der Waals surface area contributed by atoms with E-state index < -0.39 is 18.1 Å². The van der Waals surface area contributed by atoms with Crippen LogP contribution in [-0.4, -0.2) is 140 Å². The highest BCUT2D eigenvalue weighted by atomic mass is 32.1. The van der Waals surface area contributed by atoms with Crippen LogP contribution in [0.3, 0.4) is 0 Å². The minimum absolute atomic E-state index is 0.00106. The van der Waals surface area contributed by atoms with Gasteiger partial charge in [0.15, 0.2) is 23.3 Å². The van der Waals surface area contributed by atoms with Crippen LogP contribution in [0.5, 0.6) is 5.75 Å². The molecule has 1 heterocycles. The van der Waals surface area contributed by atoms with E-state index in [0.29, 0.717) is 88.7 Å². The first-order chi connectivity index (χ1) is 31.6. The second-order valence-electron chi connectivity index (χ2n) is 16.6. The lowest BCUT2D eigenvalue weighted by Crippen LogP contribution is -2.49. The number of aromatic hydroxyl groups is 1. The van der Waals surface area contributed by atoms with Crippen molar-refractivity contribution in [2.45, 2.75) is 141 Å². The van der Waals surface area contributed by atoms with Crippen molar-refractivity contribution in [2.75, 3.05) is 45.0 Å². The number of carbonyl (C=O) groups excluding carboxylic acids is 6. The van der Waals surface area contributed by atoms with Gasteiger partial charge in [-0.3, -0.25) is 39.2 Å². The van der Waals surface area contributed by atoms with E-state index >= 15 is 0 Å². The number of hydrogen-bond acceptors (Lipinski definition) is 13. The molecule has 0 aliphatic rings. The van der Waals surface area contributed by atoms with Crippen LogP contribution in [0.2, 0.25) is 0 Å². The molecule has 1 aromatic heterocycles. The van der Waals surface area contributed by atoms with Crippen molar-refractivity contribution in [1.29, 1.82) is 5.41 Å². The number of rotatable bonds is 37. The number of ketones is 3. The number of nitrogens with zero attached hydrogens (tertiary/aromatic N) is 5. The molecule has 66 heavy (non-hydrogen) atoms. The number of aromatic nitrogens is 2. The molecule has 19 nitrogen and oxygen atoms in total. The fourth-order valence-corrected chi connectivity index (χ4v) is 8.12. The van der Waals surface area contributed by atoms with Gasteiger partial charge in [0.2, 0.25) is 17.7 Å². The number of amidine groups is 1. The Morgan fingerprint density at radius 1 is 0.712 bits per heavy atom. The molecule has 0 saturated heterocycles. The number of amides is 3. The number of aryl methyl sites for hydroxylation is 1. The first kappa shape index (κ1) is 56.8. The molecule has 368 valence electrons. The smallest absolute Gasteiger partial charge is 0.224 e. The highest BCUT2D eigenvalue weighted by Crippen LogP contribution is 2.21. The van der Waals surface area contributed by atoms with E-state index in [1.165, 1.54) is 35.2 Å². The van der Waals surface area contributed by atoms with E-state index in [0.717, 1.165) is 5.56 Å². The zero-order valence-corrected chi connectivity index (χ0v) is 39.7. The largest absolute Gasteiger partial charge is 0.508 e. The van der Waals surface area contributed by atoms with Crippen molar-refractivity contribution in [2.24, 2.45) is 33.7 Å². The number of phenolic OH excluding ortho intramolecular Hbond substituents is 1. The lowest BCUT2D eigenvalue weighted by Gasteiger charge is -2.33. The topological polar surface area (TPSA) is 327 Å². The number of benzene rings is 1. The lowest BCUT2D eigenvalue weighted by atomic mass is 9.97. The first-order valence-electron chi connectivity index (χ1n) is 23.2. The summed E-state index contributed by atoms with van der Waals surface area (Å²) in [6, 6.07) is 4.06. The molecule has 2 aromatic rings. The van der Waals surface area contributed by atoms with Crippen LogP contribution < -0.4 is 28.7 Å². The third kappa shape index (κ3) is 21.8. The van der Waals surface area contributed by atoms with Gasteiger partial charge in [0, 0.05) is 89.6 Å². The molecular formula is C46H76N12O7S. The Morgan fingerprint density at radius 2 is 1.29 bits per heavy atom. The third-order valence-corrected chi connectivity index (χ3v) is 11.6. The summed E-state index contributed by atoms with van der Waals surface area (Å²) in [5.74, 6) is -1.05. The van der Waals surface area contributed by atoms with Gasteiger partial charge in [-0.25, -0.2) is 4.98 Å². The molecule has 0 radical (unpaired) electrons. The maximum atomic E-state index is 14.6. The van der Waals surface area contributed by atoms with Crippen molar-refractivity contribution in [3.8, 4) is 5.75 Å². The van der Waals surface area contributed by atoms with Gasteiger partial charge in [0.1, 0.15) is 5.75 Å². The van der Waals surface area contributed by atoms with Crippen LogP contribution in [-0.2, 0) is 41.6 Å². The molecule has 0 fully saturated rings. The Morgan fingerprint density at radius 3 is 1.86 bits per heavy atom. The number of phenols is 1. The number of H-pyrrole nitrogens is 1. The molecule has 0 saturated carbocycles. The maximum absolute atomic E-state index is 14.6. The Bertz CT molecular complexity index is 1830. The highest BCUT2D eigenvalue weighted by molar-refractivity contribution is 7.80. The summed E-state index contributed by atoms with van der Waals surface area (Å²) in [4.78, 5) is 98.8. The average molecular weight is 941 g/mol. The number of aromatic amines is 1. The Balaban J connectivity index is 2.45. The fourth-order valence-electron chi connectivity index (χ4n) is 7.93. The minimum atomic E-state index is -0.978. The van der Waals surface area contributed by atoms with Crippen molar-refractivity contribution in [1.82, 2.24) is 24.7 Å². The molecule has 3 amide bonds. The predicted molar refractivity (Wildman–Crippen MR) is 260 cm³/mol. The number of unbranched alkanes of at least 4 members (excludes halogenated alkanes) is 3. The summed E-state index contributed by atoms with van der Waals surface area (Å²) in [6.45, 7) is 2.74. The summed E-state index contributed by atoms with van der Waals surface area (Å²) < 4.78 is 0. The molecule has 2 rings (SSSR count). The van der Waals surface area contributed by atoms with Gasteiger partial charge in [-0.15, -0.1) is 0 Å². The second-order valence-corrected chi connectivity index (χ2v) is 17.0. The second kappa shape index (κ2) is 32.4. The SMILES string of the molecule is CC(=O)C(CCCCN)N(CCCC(=O)C(Cc1cnc[nH]1)N(CCCC(=O)C(CCCCC(=N)N)N(CCN)C(=O)CCS)C(=O)CCc1ccc(O)cc1)C(=O)CCCCN=C(N)N. The number of thiol groups is 1. The molecule has 0 aliphatic carbocycles. The number of Topliss-reactive ketones (excluding diaryl/α,β-unsaturated/α-hetero) is 3. The van der Waals surface area contributed by atoms with Gasteiger partial charge in [-0.05, 0) is 101 Å².